The molecule has 27 heavy (non-hydrogen) atoms. The molecule has 2 rings (SSSR count). The molecule has 0 saturated carbocycles. The maximum absolute atomic E-state index is 13.0. The molecule has 0 aliphatic carbocycles. The Bertz CT molecular complexity index is 721. The molecule has 0 aromatic heterocycles. The summed E-state index contributed by atoms with van der Waals surface area (Å²) >= 11 is 5.57. The van der Waals surface area contributed by atoms with Crippen LogP contribution >= 0.6 is 11.6 Å². The van der Waals surface area contributed by atoms with Crippen LogP contribution in [0.4, 0.5) is 13.2 Å². The van der Waals surface area contributed by atoms with Gasteiger partial charge < -0.3 is 9.64 Å². The van der Waals surface area contributed by atoms with Gasteiger partial charge in [-0.1, -0.05) is 11.6 Å². The number of benzene rings is 1. The van der Waals surface area contributed by atoms with Crippen LogP contribution in [0.1, 0.15) is 24.8 Å². The van der Waals surface area contributed by atoms with Crippen LogP contribution in [0.2, 0.25) is 5.02 Å². The molecule has 1 aromatic carbocycles. The monoisotopic (exact) mass is 428 g/mol. The Morgan fingerprint density at radius 1 is 1.11 bits per heavy atom. The Balaban J connectivity index is 1.97. The molecular formula is C17H24ClF3N2O3S. The summed E-state index contributed by atoms with van der Waals surface area (Å²) in [6.07, 6.45) is -1.67. The van der Waals surface area contributed by atoms with E-state index in [1.165, 1.54) is 4.31 Å². The molecule has 1 fully saturated rings. The van der Waals surface area contributed by atoms with Crippen LogP contribution in [0, 0.1) is 0 Å². The average molecular weight is 429 g/mol. The van der Waals surface area contributed by atoms with Gasteiger partial charge in [0.15, 0.2) is 0 Å². The van der Waals surface area contributed by atoms with Crippen molar-refractivity contribution in [2.24, 2.45) is 0 Å². The van der Waals surface area contributed by atoms with Crippen molar-refractivity contribution in [2.45, 2.75) is 30.3 Å². The summed E-state index contributed by atoms with van der Waals surface area (Å²) in [7, 11) is -2.32. The molecule has 154 valence electrons. The molecular weight excluding hydrogens is 405 g/mol. The Morgan fingerprint density at radius 2 is 1.78 bits per heavy atom. The normalized spacial score (nSPS) is 17.4. The molecule has 0 spiro atoms. The highest BCUT2D eigenvalue weighted by atomic mass is 35.5. The maximum atomic E-state index is 13.0. The van der Waals surface area contributed by atoms with Gasteiger partial charge in [0.25, 0.3) is 0 Å². The van der Waals surface area contributed by atoms with Gasteiger partial charge in [-0.2, -0.15) is 17.5 Å². The minimum atomic E-state index is -4.70. The van der Waals surface area contributed by atoms with Crippen LogP contribution in [-0.2, 0) is 20.9 Å². The van der Waals surface area contributed by atoms with E-state index in [-0.39, 0.29) is 18.0 Å². The fourth-order valence-electron chi connectivity index (χ4n) is 2.98. The lowest BCUT2D eigenvalue weighted by molar-refractivity contribution is -0.137. The number of alkyl halides is 3. The SMILES string of the molecule is COCCCCCN1CCN(S(=O)(=O)c2ccc(Cl)c(C(F)(F)F)c2)CC1. The van der Waals surface area contributed by atoms with Gasteiger partial charge in [-0.3, -0.25) is 0 Å². The number of methoxy groups -OCH3 is 1. The van der Waals surface area contributed by atoms with Gasteiger partial charge in [0.05, 0.1) is 15.5 Å². The number of ether oxygens (including phenoxy) is 1. The van der Waals surface area contributed by atoms with Crippen molar-refractivity contribution in [2.75, 3.05) is 46.4 Å². The van der Waals surface area contributed by atoms with E-state index >= 15 is 0 Å². The molecule has 0 atom stereocenters. The number of hydrogen-bond acceptors (Lipinski definition) is 4. The summed E-state index contributed by atoms with van der Waals surface area (Å²) in [4.78, 5) is 1.79. The zero-order valence-corrected chi connectivity index (χ0v) is 16.7. The van der Waals surface area contributed by atoms with E-state index in [0.29, 0.717) is 19.2 Å². The van der Waals surface area contributed by atoms with Crippen LogP contribution in [0.25, 0.3) is 0 Å². The Morgan fingerprint density at radius 3 is 2.37 bits per heavy atom. The molecule has 1 aliphatic heterocycles. The minimum absolute atomic E-state index is 0.254. The number of sulfonamides is 1. The first kappa shape index (κ1) is 22.4. The maximum Gasteiger partial charge on any atom is 0.417 e. The van der Waals surface area contributed by atoms with Crippen molar-refractivity contribution >= 4 is 21.6 Å². The number of piperazine rings is 1. The second-order valence-corrected chi connectivity index (χ2v) is 8.78. The van der Waals surface area contributed by atoms with Crippen molar-refractivity contribution in [3.63, 3.8) is 0 Å². The van der Waals surface area contributed by atoms with E-state index in [1.54, 1.807) is 7.11 Å². The lowest BCUT2D eigenvalue weighted by Gasteiger charge is -2.34. The second-order valence-electron chi connectivity index (χ2n) is 6.44. The van der Waals surface area contributed by atoms with Crippen LogP contribution in [0.3, 0.4) is 0 Å². The molecule has 0 radical (unpaired) electrons. The van der Waals surface area contributed by atoms with Gasteiger partial charge in [0.2, 0.25) is 10.0 Å². The minimum Gasteiger partial charge on any atom is -0.385 e. The second kappa shape index (κ2) is 9.56. The largest absolute Gasteiger partial charge is 0.417 e. The highest BCUT2D eigenvalue weighted by Crippen LogP contribution is 2.36. The first-order valence-corrected chi connectivity index (χ1v) is 10.6. The van der Waals surface area contributed by atoms with E-state index in [1.807, 2.05) is 0 Å². The van der Waals surface area contributed by atoms with E-state index < -0.39 is 26.8 Å². The smallest absolute Gasteiger partial charge is 0.385 e. The number of halogens is 4. The summed E-state index contributed by atoms with van der Waals surface area (Å²) in [5.74, 6) is 0. The first-order valence-electron chi connectivity index (χ1n) is 8.74. The number of rotatable bonds is 8. The molecule has 0 N–H and O–H groups in total. The zero-order valence-electron chi connectivity index (χ0n) is 15.1. The van der Waals surface area contributed by atoms with E-state index in [2.05, 4.69) is 4.90 Å². The summed E-state index contributed by atoms with van der Waals surface area (Å²) in [5.41, 5.74) is -1.14. The van der Waals surface area contributed by atoms with Gasteiger partial charge in [-0.15, -0.1) is 0 Å². The Labute approximate surface area is 163 Å². The summed E-state index contributed by atoms with van der Waals surface area (Å²) in [6, 6.07) is 2.71. The topological polar surface area (TPSA) is 49.9 Å². The zero-order chi connectivity index (χ0) is 20.1. The van der Waals surface area contributed by atoms with Crippen molar-refractivity contribution in [1.82, 2.24) is 9.21 Å². The fourth-order valence-corrected chi connectivity index (χ4v) is 4.66. The Kier molecular flexibility index (Phi) is 7.94. The average Bonchev–Trinajstić information content (AvgIpc) is 2.61. The summed E-state index contributed by atoms with van der Waals surface area (Å²) in [5, 5.41) is -0.514. The summed E-state index contributed by atoms with van der Waals surface area (Å²) in [6.45, 7) is 3.23. The lowest BCUT2D eigenvalue weighted by Crippen LogP contribution is -2.48. The van der Waals surface area contributed by atoms with Crippen molar-refractivity contribution < 1.29 is 26.3 Å². The van der Waals surface area contributed by atoms with Crippen molar-refractivity contribution in [3.8, 4) is 0 Å². The lowest BCUT2D eigenvalue weighted by atomic mass is 10.2. The third kappa shape index (κ3) is 6.05. The van der Waals surface area contributed by atoms with E-state index in [4.69, 9.17) is 16.3 Å². The third-order valence-electron chi connectivity index (χ3n) is 4.54. The molecule has 1 aliphatic rings. The predicted octanol–water partition coefficient (Wildman–Crippen LogP) is 3.48. The number of unbranched alkanes of at least 4 members (excludes halogenated alkanes) is 2. The van der Waals surface area contributed by atoms with Gasteiger partial charge in [0.1, 0.15) is 0 Å². The van der Waals surface area contributed by atoms with Crippen LogP contribution in [-0.4, -0.2) is 64.1 Å². The highest BCUT2D eigenvalue weighted by molar-refractivity contribution is 7.89. The van der Waals surface area contributed by atoms with Crippen molar-refractivity contribution in [3.05, 3.63) is 28.8 Å². The van der Waals surface area contributed by atoms with Gasteiger partial charge in [0, 0.05) is 39.9 Å². The van der Waals surface area contributed by atoms with E-state index in [9.17, 15) is 21.6 Å². The van der Waals surface area contributed by atoms with Crippen LogP contribution < -0.4 is 0 Å². The van der Waals surface area contributed by atoms with Crippen molar-refractivity contribution in [1.29, 1.82) is 0 Å². The quantitative estimate of drug-likeness (QED) is 0.595. The predicted molar refractivity (Wildman–Crippen MR) is 97.4 cm³/mol. The molecule has 1 aromatic rings. The molecule has 0 bridgehead atoms. The molecule has 5 nitrogen and oxygen atoms in total. The molecule has 0 unspecified atom stereocenters. The molecule has 0 amide bonds. The standard InChI is InChI=1S/C17H24ClF3N2O3S/c1-26-12-4-2-3-7-22-8-10-23(11-9-22)27(24,25)14-5-6-16(18)15(13-14)17(19,20)21/h5-6,13H,2-4,7-12H2,1H3. The third-order valence-corrected chi connectivity index (χ3v) is 6.76. The molecule has 1 heterocycles. The van der Waals surface area contributed by atoms with Gasteiger partial charge in [-0.05, 0) is 44.0 Å². The van der Waals surface area contributed by atoms with Crippen LogP contribution in [0.5, 0.6) is 0 Å². The number of nitrogens with zero attached hydrogens (tertiary/aromatic N) is 2. The molecule has 1 saturated heterocycles. The number of hydrogen-bond donors (Lipinski definition) is 0. The van der Waals surface area contributed by atoms with E-state index in [0.717, 1.165) is 44.5 Å². The van der Waals surface area contributed by atoms with Gasteiger partial charge in [-0.25, -0.2) is 8.42 Å². The summed E-state index contributed by atoms with van der Waals surface area (Å²) < 4.78 is 70.6. The highest BCUT2D eigenvalue weighted by Gasteiger charge is 2.36. The van der Waals surface area contributed by atoms with Gasteiger partial charge >= 0.3 is 6.18 Å². The fraction of sp³-hybridized carbons (Fsp3) is 0.647. The van der Waals surface area contributed by atoms with Crippen LogP contribution in [0.15, 0.2) is 23.1 Å². The Hall–Kier alpha value is -0.870. The first-order chi connectivity index (χ1) is 12.7. The molecule has 10 heteroatoms.